The number of hydrogen-bond donors (Lipinski definition) is 3. The average molecular weight is 1270 g/mol. The number of hydrogen-bond acceptors (Lipinski definition) is 9. The molecule has 0 aliphatic heterocycles. The number of rotatable bonds is 11. The number of nitrogens with one attached hydrogen (secondary N) is 1. The first-order valence-electron chi connectivity index (χ1n) is 24.9. The van der Waals surface area contributed by atoms with E-state index in [2.05, 4.69) is 27.4 Å². The van der Waals surface area contributed by atoms with Gasteiger partial charge in [0.05, 0.1) is 57.0 Å². The first-order valence-corrected chi connectivity index (χ1v) is 27.2. The Hall–Kier alpha value is -5.97. The number of aldehydes is 1. The summed E-state index contributed by atoms with van der Waals surface area (Å²) in [6, 6.07) is 38.4. The van der Waals surface area contributed by atoms with Crippen LogP contribution in [-0.2, 0) is 52.7 Å². The summed E-state index contributed by atoms with van der Waals surface area (Å²) in [7, 11) is 0. The Morgan fingerprint density at radius 3 is 1.13 bits per heavy atom. The Bertz CT molecular complexity index is 2990. The molecule has 0 spiro atoms. The molecule has 83 heavy (non-hydrogen) atoms. The van der Waals surface area contributed by atoms with Gasteiger partial charge in [-0.25, -0.2) is 32.2 Å². The first kappa shape index (κ1) is 73.1. The van der Waals surface area contributed by atoms with E-state index in [-0.39, 0.29) is 88.6 Å². The molecule has 0 unspecified atom stereocenters. The van der Waals surface area contributed by atoms with Gasteiger partial charge in [-0.1, -0.05) is 96.2 Å². The Morgan fingerprint density at radius 2 is 0.892 bits per heavy atom. The van der Waals surface area contributed by atoms with Crippen LogP contribution in [0.25, 0.3) is 0 Å². The number of alkyl halides is 2. The van der Waals surface area contributed by atoms with Crippen molar-refractivity contribution in [2.45, 2.75) is 105 Å². The predicted octanol–water partition coefficient (Wildman–Crippen LogP) is 8.35. The van der Waals surface area contributed by atoms with Crippen LogP contribution in [0.15, 0.2) is 146 Å². The number of nitrogens with two attached hydrogens (primary N) is 1. The number of halogens is 10. The van der Waals surface area contributed by atoms with Crippen molar-refractivity contribution in [3.63, 3.8) is 0 Å². The van der Waals surface area contributed by atoms with E-state index in [1.165, 1.54) is 84.9 Å². The van der Waals surface area contributed by atoms with Gasteiger partial charge in [-0.05, 0) is 170 Å². The van der Waals surface area contributed by atoms with Gasteiger partial charge in [0.2, 0.25) is 5.91 Å². The largest absolute Gasteiger partial charge is 1.00 e. The zero-order chi connectivity index (χ0) is 59.9. The van der Waals surface area contributed by atoms with Crippen LogP contribution < -0.4 is 50.1 Å². The Morgan fingerprint density at radius 1 is 0.590 bits per heavy atom. The number of carboxylic acid groups (broad SMARTS) is 1. The summed E-state index contributed by atoms with van der Waals surface area (Å²) in [6.45, 7) is 0. The molecule has 6 aromatic rings. The normalized spacial score (nSPS) is 15.7. The number of aliphatic carboxylic acids is 1. The van der Waals surface area contributed by atoms with Crippen LogP contribution >= 0.6 is 27.5 Å². The minimum Gasteiger partial charge on any atom is -0.544 e. The molecular weight excluding hydrogens is 1210 g/mol. The van der Waals surface area contributed by atoms with Gasteiger partial charge in [-0.3, -0.25) is 19.8 Å². The van der Waals surface area contributed by atoms with Gasteiger partial charge < -0.3 is 19.2 Å². The molecule has 0 aromatic heterocycles. The molecule has 436 valence electrons. The molecule has 0 bridgehead atoms. The molecule has 1 amide bonds. The topological polar surface area (TPSA) is 220 Å². The molecule has 6 aromatic carbocycles. The monoisotopic (exact) mass is 1260 g/mol. The fraction of sp³-hybridized carbons (Fsp3) is 0.311. The number of amides is 1. The van der Waals surface area contributed by atoms with Crippen LogP contribution in [0.3, 0.4) is 0 Å². The van der Waals surface area contributed by atoms with Crippen LogP contribution in [0, 0.1) is 68.9 Å². The zero-order valence-electron chi connectivity index (χ0n) is 44.3. The third-order valence-electron chi connectivity index (χ3n) is 13.9. The molecule has 11 nitrogen and oxygen atoms in total. The number of carbonyl (C=O) groups is 4. The van der Waals surface area contributed by atoms with Crippen molar-refractivity contribution in [2.75, 3.05) is 11.2 Å². The van der Waals surface area contributed by atoms with Crippen molar-refractivity contribution in [1.82, 2.24) is 5.43 Å². The first-order chi connectivity index (χ1) is 38.7. The van der Waals surface area contributed by atoms with Crippen molar-refractivity contribution < 1.29 is 105 Å². The van der Waals surface area contributed by atoms with Crippen LogP contribution in [0.4, 0.5) is 30.7 Å². The van der Waals surface area contributed by atoms with E-state index in [4.69, 9.17) is 42.4 Å². The SMILES string of the molecule is C.ClCCBr.N#CC1(c2ccc(F)cc2)CC1.N#CCc1ccc(F)cc1.NNC(=O)C1(c2ccc(F)cc2)CC1.O=C(F)C1(c2ccc(F)cc2)CC1.O=C(O)C1(c2ccc(F)cc2)CC1.O=CC1(c2ccc(F)cc2)CC1.[Na+].[O-][Cl+][O-]. The average Bonchev–Trinajstić information content (AvgIpc) is 4.07. The second-order valence-corrected chi connectivity index (χ2v) is 20.5. The summed E-state index contributed by atoms with van der Waals surface area (Å²) in [5.41, 5.74) is 4.32. The molecule has 5 saturated carbocycles. The van der Waals surface area contributed by atoms with E-state index >= 15 is 0 Å². The van der Waals surface area contributed by atoms with Gasteiger partial charge in [-0.2, -0.15) is 14.9 Å². The zero-order valence-corrected chi connectivity index (χ0v) is 49.4. The molecular formula is C61H59BrCl2F7N4NaO7. The Labute approximate surface area is 517 Å². The van der Waals surface area contributed by atoms with Gasteiger partial charge in [0.25, 0.3) is 0 Å². The molecule has 0 heterocycles. The summed E-state index contributed by atoms with van der Waals surface area (Å²) < 4.78 is 104. The molecule has 0 radical (unpaired) electrons. The molecule has 22 heteroatoms. The van der Waals surface area contributed by atoms with E-state index in [0.717, 1.165) is 72.4 Å². The van der Waals surface area contributed by atoms with Gasteiger partial charge >= 0.3 is 41.6 Å². The van der Waals surface area contributed by atoms with Crippen molar-refractivity contribution >= 4 is 51.7 Å². The summed E-state index contributed by atoms with van der Waals surface area (Å²) in [6.07, 6.45) is 8.91. The van der Waals surface area contributed by atoms with Crippen LogP contribution in [-0.4, -0.2) is 40.5 Å². The van der Waals surface area contributed by atoms with Crippen molar-refractivity contribution in [3.05, 3.63) is 214 Å². The maximum atomic E-state index is 12.7. The summed E-state index contributed by atoms with van der Waals surface area (Å²) in [5, 5.41) is 26.9. The van der Waals surface area contributed by atoms with E-state index < -0.39 is 39.6 Å². The minimum absolute atomic E-state index is 0. The van der Waals surface area contributed by atoms with E-state index in [1.54, 1.807) is 60.7 Å². The summed E-state index contributed by atoms with van der Waals surface area (Å²) in [4.78, 5) is 43.7. The molecule has 0 atom stereocenters. The van der Waals surface area contributed by atoms with Gasteiger partial charge in [-0.15, -0.1) is 11.6 Å². The minimum atomic E-state index is -1.31. The molecule has 5 aliphatic carbocycles. The third-order valence-corrected chi connectivity index (χ3v) is 14.9. The van der Waals surface area contributed by atoms with Gasteiger partial charge in [0, 0.05) is 11.2 Å². The van der Waals surface area contributed by atoms with E-state index in [1.807, 2.05) is 6.07 Å². The van der Waals surface area contributed by atoms with Crippen LogP contribution in [0.5, 0.6) is 0 Å². The van der Waals surface area contributed by atoms with Crippen LogP contribution in [0.2, 0.25) is 0 Å². The smallest absolute Gasteiger partial charge is 0.544 e. The quantitative estimate of drug-likeness (QED) is 0.0164. The number of benzene rings is 6. The molecule has 5 fully saturated rings. The van der Waals surface area contributed by atoms with Crippen molar-refractivity contribution in [3.8, 4) is 12.1 Å². The number of nitrogens with zero attached hydrogens (tertiary/aromatic N) is 2. The molecule has 4 N–H and O–H groups in total. The maximum Gasteiger partial charge on any atom is 1.00 e. The number of hydrazine groups is 1. The second-order valence-electron chi connectivity index (χ2n) is 19.2. The fourth-order valence-corrected chi connectivity index (χ4v) is 8.14. The molecule has 11 rings (SSSR count). The third kappa shape index (κ3) is 21.6. The van der Waals surface area contributed by atoms with Gasteiger partial charge in [0.1, 0.15) is 41.2 Å². The molecule has 5 aliphatic rings. The Balaban J connectivity index is 0.000000331. The maximum absolute atomic E-state index is 12.7. The number of nitriles is 2. The standard InChI is InChI=1S/C10H8F2O.C10H11FN2O.C10H8FN.C10H9FO2.C10H9FO.C8H6FN.C2H4BrCl.CH4.ClO2.Na/c11-8-3-1-7(2-4-8)10(5-6-10)9(12)13;11-8-3-1-7(2-4-8)10(5-6-10)9(14)13-12;11-9-3-1-8(2-4-9)10(7-12)5-6-10;11-8-3-1-7(2-4-8)10(5-6-10)9(12)13;11-9-3-1-8(2-4-9)10(7-12)5-6-10;9-8-3-1-7(2-4-8)5-6-10;3-1-2-4;;2-1-3;/h1-4H,5-6H2;1-4H,5-6,12H2,(H,13,14);1-4H,5-6H2;1-4H,5-6H2,(H,12,13);1-4,7H,5-6H2;1-4H,5H2;1-2H2;1H4;;/q;;;;;;;;-1;+1. The molecule has 0 saturated heterocycles. The van der Waals surface area contributed by atoms with E-state index in [9.17, 15) is 49.9 Å². The van der Waals surface area contributed by atoms with Gasteiger partial charge in [0.15, 0.2) is 0 Å². The van der Waals surface area contributed by atoms with E-state index in [0.29, 0.717) is 49.1 Å². The number of carbonyl (C=O) groups excluding carboxylic acids is 3. The second kappa shape index (κ2) is 34.7. The fourth-order valence-electron chi connectivity index (χ4n) is 8.14. The summed E-state index contributed by atoms with van der Waals surface area (Å²) >= 11 is 7.84. The summed E-state index contributed by atoms with van der Waals surface area (Å²) in [5.74, 6) is 3.06. The van der Waals surface area contributed by atoms with Crippen LogP contribution in [0.1, 0.15) is 105 Å². The van der Waals surface area contributed by atoms with Crippen molar-refractivity contribution in [2.24, 2.45) is 5.84 Å². The predicted molar refractivity (Wildman–Crippen MR) is 291 cm³/mol. The Kier molecular flexibility index (Phi) is 30.6. The number of carboxylic acids is 1. The van der Waals surface area contributed by atoms with Crippen molar-refractivity contribution in [1.29, 1.82) is 10.5 Å².